The summed E-state index contributed by atoms with van der Waals surface area (Å²) in [5, 5.41) is 3.19. The first-order valence-electron chi connectivity index (χ1n) is 6.47. The molecule has 104 valence electrons. The van der Waals surface area contributed by atoms with E-state index < -0.39 is 0 Å². The Labute approximate surface area is 118 Å². The van der Waals surface area contributed by atoms with Crippen molar-refractivity contribution < 1.29 is 9.18 Å². The van der Waals surface area contributed by atoms with Gasteiger partial charge in [-0.05, 0) is 43.1 Å². The number of nitrogens with zero attached hydrogens (tertiary/aromatic N) is 1. The van der Waals surface area contributed by atoms with Gasteiger partial charge in [0, 0.05) is 18.2 Å². The number of rotatable bonds is 2. The SMILES string of the molecule is CC(C(=O)N1CCc2ccc(F)cc21)C1CNC1.Cl. The van der Waals surface area contributed by atoms with E-state index in [0.717, 1.165) is 30.8 Å². The number of carbonyl (C=O) groups is 1. The number of hydrogen-bond acceptors (Lipinski definition) is 2. The topological polar surface area (TPSA) is 32.3 Å². The van der Waals surface area contributed by atoms with E-state index in [1.54, 1.807) is 11.0 Å². The number of amides is 1. The third-order valence-electron chi connectivity index (χ3n) is 4.12. The fraction of sp³-hybridized carbons (Fsp3) is 0.500. The Kier molecular flexibility index (Phi) is 4.11. The van der Waals surface area contributed by atoms with E-state index >= 15 is 0 Å². The molecule has 1 N–H and O–H groups in total. The molecule has 2 heterocycles. The number of carbonyl (C=O) groups excluding carboxylic acids is 1. The number of benzene rings is 1. The van der Waals surface area contributed by atoms with E-state index in [1.807, 2.05) is 6.92 Å². The molecule has 0 bridgehead atoms. The largest absolute Gasteiger partial charge is 0.316 e. The summed E-state index contributed by atoms with van der Waals surface area (Å²) in [5.41, 5.74) is 1.84. The minimum absolute atomic E-state index is 0. The average molecular weight is 285 g/mol. The first kappa shape index (κ1) is 14.3. The van der Waals surface area contributed by atoms with Crippen LogP contribution in [0.1, 0.15) is 12.5 Å². The molecule has 0 spiro atoms. The maximum absolute atomic E-state index is 13.3. The second-order valence-electron chi connectivity index (χ2n) is 5.22. The molecule has 2 aliphatic heterocycles. The van der Waals surface area contributed by atoms with E-state index in [4.69, 9.17) is 0 Å². The maximum atomic E-state index is 13.3. The van der Waals surface area contributed by atoms with Gasteiger partial charge in [0.1, 0.15) is 5.82 Å². The molecule has 1 unspecified atom stereocenters. The Balaban J connectivity index is 0.00000133. The van der Waals surface area contributed by atoms with Crippen LogP contribution < -0.4 is 10.2 Å². The zero-order chi connectivity index (χ0) is 12.7. The van der Waals surface area contributed by atoms with Crippen LogP contribution in [0.2, 0.25) is 0 Å². The number of anilines is 1. The van der Waals surface area contributed by atoms with Crippen molar-refractivity contribution in [1.29, 1.82) is 0 Å². The minimum atomic E-state index is -0.272. The van der Waals surface area contributed by atoms with Crippen molar-refractivity contribution in [2.75, 3.05) is 24.5 Å². The Morgan fingerprint density at radius 1 is 1.47 bits per heavy atom. The highest BCUT2D eigenvalue weighted by Gasteiger charge is 2.34. The molecule has 1 aromatic rings. The number of hydrogen-bond donors (Lipinski definition) is 1. The van der Waals surface area contributed by atoms with Crippen molar-refractivity contribution in [3.63, 3.8) is 0 Å². The second-order valence-corrected chi connectivity index (χ2v) is 5.22. The Hall–Kier alpha value is -1.13. The fourth-order valence-electron chi connectivity index (χ4n) is 2.69. The van der Waals surface area contributed by atoms with Crippen LogP contribution in [-0.2, 0) is 11.2 Å². The highest BCUT2D eigenvalue weighted by molar-refractivity contribution is 5.97. The predicted octanol–water partition coefficient (Wildman–Crippen LogP) is 1.99. The smallest absolute Gasteiger partial charge is 0.230 e. The van der Waals surface area contributed by atoms with E-state index in [0.29, 0.717) is 12.5 Å². The number of halogens is 2. The molecule has 0 saturated carbocycles. The first-order valence-corrected chi connectivity index (χ1v) is 6.47. The molecule has 0 aliphatic carbocycles. The zero-order valence-corrected chi connectivity index (χ0v) is 11.7. The third-order valence-corrected chi connectivity index (χ3v) is 4.12. The van der Waals surface area contributed by atoms with Crippen molar-refractivity contribution in [3.05, 3.63) is 29.6 Å². The van der Waals surface area contributed by atoms with Gasteiger partial charge in [-0.3, -0.25) is 4.79 Å². The molecular weight excluding hydrogens is 267 g/mol. The lowest BCUT2D eigenvalue weighted by Crippen LogP contribution is -2.50. The number of nitrogens with one attached hydrogen (secondary N) is 1. The Morgan fingerprint density at radius 3 is 2.84 bits per heavy atom. The van der Waals surface area contributed by atoms with Gasteiger partial charge in [-0.2, -0.15) is 0 Å². The molecule has 0 aromatic heterocycles. The van der Waals surface area contributed by atoms with E-state index in [-0.39, 0.29) is 30.0 Å². The molecule has 1 amide bonds. The van der Waals surface area contributed by atoms with Gasteiger partial charge in [-0.25, -0.2) is 4.39 Å². The van der Waals surface area contributed by atoms with Crippen LogP contribution in [0.15, 0.2) is 18.2 Å². The van der Waals surface area contributed by atoms with Gasteiger partial charge in [0.15, 0.2) is 0 Å². The Bertz CT molecular complexity index is 490. The van der Waals surface area contributed by atoms with E-state index in [1.165, 1.54) is 12.1 Å². The molecule has 0 radical (unpaired) electrons. The van der Waals surface area contributed by atoms with Crippen LogP contribution in [0.25, 0.3) is 0 Å². The van der Waals surface area contributed by atoms with Crippen LogP contribution in [0, 0.1) is 17.7 Å². The molecule has 2 aliphatic rings. The van der Waals surface area contributed by atoms with Gasteiger partial charge in [0.2, 0.25) is 5.91 Å². The summed E-state index contributed by atoms with van der Waals surface area (Å²) in [6.07, 6.45) is 0.830. The summed E-state index contributed by atoms with van der Waals surface area (Å²) in [5.74, 6) is 0.299. The van der Waals surface area contributed by atoms with Gasteiger partial charge in [-0.15, -0.1) is 12.4 Å². The summed E-state index contributed by atoms with van der Waals surface area (Å²) in [7, 11) is 0. The van der Waals surface area contributed by atoms with Crippen molar-refractivity contribution >= 4 is 24.0 Å². The Morgan fingerprint density at radius 2 is 2.21 bits per heavy atom. The summed E-state index contributed by atoms with van der Waals surface area (Å²) in [4.78, 5) is 14.2. The van der Waals surface area contributed by atoms with Gasteiger partial charge < -0.3 is 10.2 Å². The van der Waals surface area contributed by atoms with Gasteiger partial charge in [-0.1, -0.05) is 13.0 Å². The highest BCUT2D eigenvalue weighted by Crippen LogP contribution is 2.31. The first-order chi connectivity index (χ1) is 8.66. The van der Waals surface area contributed by atoms with Crippen molar-refractivity contribution in [3.8, 4) is 0 Å². The normalized spacial score (nSPS) is 19.4. The van der Waals surface area contributed by atoms with Crippen LogP contribution in [0.5, 0.6) is 0 Å². The van der Waals surface area contributed by atoms with E-state index in [2.05, 4.69) is 5.32 Å². The standard InChI is InChI=1S/C14H17FN2O.ClH/c1-9(11-7-16-8-11)14(18)17-5-4-10-2-3-12(15)6-13(10)17;/h2-3,6,9,11,16H,4-5,7-8H2,1H3;1H. The molecule has 1 saturated heterocycles. The van der Waals surface area contributed by atoms with Gasteiger partial charge in [0.05, 0.1) is 0 Å². The van der Waals surface area contributed by atoms with Crippen molar-refractivity contribution in [2.24, 2.45) is 11.8 Å². The average Bonchev–Trinajstić information content (AvgIpc) is 2.68. The highest BCUT2D eigenvalue weighted by atomic mass is 35.5. The monoisotopic (exact) mass is 284 g/mol. The molecule has 1 aromatic carbocycles. The number of fused-ring (bicyclic) bond motifs is 1. The van der Waals surface area contributed by atoms with Crippen LogP contribution in [-0.4, -0.2) is 25.5 Å². The molecule has 19 heavy (non-hydrogen) atoms. The quantitative estimate of drug-likeness (QED) is 0.901. The predicted molar refractivity (Wildman–Crippen MR) is 75.2 cm³/mol. The van der Waals surface area contributed by atoms with Crippen molar-refractivity contribution in [2.45, 2.75) is 13.3 Å². The summed E-state index contributed by atoms with van der Waals surface area (Å²) in [6.45, 7) is 4.49. The summed E-state index contributed by atoms with van der Waals surface area (Å²) in [6, 6.07) is 4.73. The fourth-order valence-corrected chi connectivity index (χ4v) is 2.69. The summed E-state index contributed by atoms with van der Waals surface area (Å²) >= 11 is 0. The van der Waals surface area contributed by atoms with Crippen molar-refractivity contribution in [1.82, 2.24) is 5.32 Å². The molecule has 1 atom stereocenters. The van der Waals surface area contributed by atoms with Crippen LogP contribution in [0.3, 0.4) is 0 Å². The molecule has 1 fully saturated rings. The lowest BCUT2D eigenvalue weighted by atomic mass is 9.88. The second kappa shape index (κ2) is 5.47. The van der Waals surface area contributed by atoms with Gasteiger partial charge >= 0.3 is 0 Å². The van der Waals surface area contributed by atoms with E-state index in [9.17, 15) is 9.18 Å². The van der Waals surface area contributed by atoms with Crippen LogP contribution >= 0.6 is 12.4 Å². The lowest BCUT2D eigenvalue weighted by Gasteiger charge is -2.34. The molecule has 3 nitrogen and oxygen atoms in total. The molecular formula is C14H18ClFN2O. The lowest BCUT2D eigenvalue weighted by molar-refractivity contribution is -0.123. The van der Waals surface area contributed by atoms with Crippen LogP contribution in [0.4, 0.5) is 10.1 Å². The molecule has 5 heteroatoms. The van der Waals surface area contributed by atoms with Gasteiger partial charge in [0.25, 0.3) is 0 Å². The summed E-state index contributed by atoms with van der Waals surface area (Å²) < 4.78 is 13.3. The maximum Gasteiger partial charge on any atom is 0.230 e. The minimum Gasteiger partial charge on any atom is -0.316 e. The molecule has 3 rings (SSSR count). The third kappa shape index (κ3) is 2.47. The zero-order valence-electron chi connectivity index (χ0n) is 10.9.